The second-order valence-electron chi connectivity index (χ2n) is 6.99. The van der Waals surface area contributed by atoms with Crippen molar-refractivity contribution in [2.75, 3.05) is 13.6 Å². The molecule has 0 spiro atoms. The lowest BCUT2D eigenvalue weighted by atomic mass is 9.93. The summed E-state index contributed by atoms with van der Waals surface area (Å²) in [4.78, 5) is 14.0. The Bertz CT molecular complexity index is 778. The van der Waals surface area contributed by atoms with Crippen LogP contribution in [0.5, 0.6) is 0 Å². The number of benzene rings is 2. The second kappa shape index (κ2) is 8.20. The number of rotatable bonds is 4. The van der Waals surface area contributed by atoms with E-state index in [0.29, 0.717) is 6.42 Å². The summed E-state index contributed by atoms with van der Waals surface area (Å²) in [7, 11) is 2.14. The van der Waals surface area contributed by atoms with Crippen LogP contribution < -0.4 is 29.3 Å². The van der Waals surface area contributed by atoms with Gasteiger partial charge in [0.15, 0.2) is 12.1 Å². The molecule has 0 aliphatic carbocycles. The first kappa shape index (κ1) is 18.9. The molecular formula is C21H24IN3O. The van der Waals surface area contributed by atoms with Gasteiger partial charge in [-0.1, -0.05) is 60.7 Å². The highest BCUT2D eigenvalue weighted by molar-refractivity contribution is 5.78. The normalized spacial score (nSPS) is 24.8. The number of halogens is 1. The maximum absolute atomic E-state index is 11.6. The molecule has 3 atom stereocenters. The van der Waals surface area contributed by atoms with Gasteiger partial charge >= 0.3 is 0 Å². The first-order valence-corrected chi connectivity index (χ1v) is 8.94. The van der Waals surface area contributed by atoms with Gasteiger partial charge in [0, 0.05) is 17.5 Å². The minimum absolute atomic E-state index is 0. The molecule has 5 heteroatoms. The minimum atomic E-state index is 0. The average Bonchev–Trinajstić information content (AvgIpc) is 3.19. The van der Waals surface area contributed by atoms with Crippen LogP contribution in [0.3, 0.4) is 0 Å². The molecular weight excluding hydrogens is 437 g/mol. The molecule has 0 unspecified atom stereocenters. The lowest BCUT2D eigenvalue weighted by molar-refractivity contribution is -0.534. The number of hydrogen-bond donors (Lipinski definition) is 1. The largest absolute Gasteiger partial charge is 1.00 e. The Morgan fingerprint density at radius 1 is 1.04 bits per heavy atom. The predicted molar refractivity (Wildman–Crippen MR) is 98.5 cm³/mol. The van der Waals surface area contributed by atoms with Crippen LogP contribution >= 0.6 is 0 Å². The highest BCUT2D eigenvalue weighted by Crippen LogP contribution is 2.39. The third kappa shape index (κ3) is 3.77. The zero-order chi connectivity index (χ0) is 17.2. The highest BCUT2D eigenvalue weighted by Gasteiger charge is 2.43. The van der Waals surface area contributed by atoms with Crippen molar-refractivity contribution >= 4 is 12.2 Å². The summed E-state index contributed by atoms with van der Waals surface area (Å²) in [5.41, 5.74) is 2.62. The van der Waals surface area contributed by atoms with Crippen LogP contribution in [0.25, 0.3) is 0 Å². The topological polar surface area (TPSA) is 35.4 Å². The van der Waals surface area contributed by atoms with E-state index >= 15 is 0 Å². The minimum Gasteiger partial charge on any atom is -1.00 e. The number of hydrogen-bond acceptors (Lipinski definition) is 2. The molecule has 1 saturated heterocycles. The lowest BCUT2D eigenvalue weighted by Gasteiger charge is -2.25. The van der Waals surface area contributed by atoms with Gasteiger partial charge < -0.3 is 29.3 Å². The van der Waals surface area contributed by atoms with Crippen LogP contribution in [-0.4, -0.2) is 41.4 Å². The fourth-order valence-electron chi connectivity index (χ4n) is 4.10. The van der Waals surface area contributed by atoms with Gasteiger partial charge in [-0.05, 0) is 6.42 Å². The Morgan fingerprint density at radius 2 is 1.65 bits per heavy atom. The van der Waals surface area contributed by atoms with Gasteiger partial charge in [0.25, 0.3) is 0 Å². The standard InChI is InChI=1S/C21H23N3O.HI/c1-23-15-24(14-18-12-13-19(25)22-18)21(17-10-6-3-7-11-17)20(23)16-8-4-2-5-9-16;/h2-11,15,18,20-21H,12-14H2,1H3;1H/t18-,20+,21+;/m0./s1. The van der Waals surface area contributed by atoms with Gasteiger partial charge in [-0.25, -0.2) is 0 Å². The third-order valence-corrected chi connectivity index (χ3v) is 5.22. The maximum atomic E-state index is 11.6. The molecule has 4 rings (SSSR count). The maximum Gasteiger partial charge on any atom is 0.235 e. The molecule has 1 fully saturated rings. The molecule has 0 saturated carbocycles. The fourth-order valence-corrected chi connectivity index (χ4v) is 4.10. The van der Waals surface area contributed by atoms with Crippen LogP contribution in [0.4, 0.5) is 0 Å². The van der Waals surface area contributed by atoms with Crippen molar-refractivity contribution < 1.29 is 33.3 Å². The molecule has 2 aliphatic rings. The van der Waals surface area contributed by atoms with E-state index < -0.39 is 0 Å². The predicted octanol–water partition coefficient (Wildman–Crippen LogP) is -0.262. The highest BCUT2D eigenvalue weighted by atomic mass is 127. The van der Waals surface area contributed by atoms with E-state index in [1.54, 1.807) is 0 Å². The zero-order valence-electron chi connectivity index (χ0n) is 14.9. The second-order valence-corrected chi connectivity index (χ2v) is 6.99. The SMILES string of the molecule is C[N+]1=CN(C[C@@H]2CCC(=O)N2)[C@H](c2ccccc2)[C@H]1c1ccccc1.[I-]. The van der Waals surface area contributed by atoms with E-state index in [1.807, 2.05) is 0 Å². The molecule has 2 aliphatic heterocycles. The smallest absolute Gasteiger partial charge is 0.235 e. The summed E-state index contributed by atoms with van der Waals surface area (Å²) in [5, 5.41) is 3.10. The van der Waals surface area contributed by atoms with E-state index in [-0.39, 0.29) is 48.0 Å². The molecule has 2 heterocycles. The molecule has 0 bridgehead atoms. The molecule has 1 amide bonds. The summed E-state index contributed by atoms with van der Waals surface area (Å²) in [6, 6.07) is 22.1. The Morgan fingerprint density at radius 3 is 2.23 bits per heavy atom. The van der Waals surface area contributed by atoms with Gasteiger partial charge in [-0.2, -0.15) is 0 Å². The molecule has 26 heavy (non-hydrogen) atoms. The van der Waals surface area contributed by atoms with Crippen LogP contribution in [0.1, 0.15) is 36.1 Å². The molecule has 2 aromatic rings. The number of carbonyl (C=O) groups is 1. The first-order valence-electron chi connectivity index (χ1n) is 8.94. The van der Waals surface area contributed by atoms with Crippen molar-refractivity contribution in [1.82, 2.24) is 10.2 Å². The van der Waals surface area contributed by atoms with Crippen LogP contribution in [0.2, 0.25) is 0 Å². The van der Waals surface area contributed by atoms with Crippen molar-refractivity contribution in [3.05, 3.63) is 71.8 Å². The van der Waals surface area contributed by atoms with Crippen molar-refractivity contribution in [3.8, 4) is 0 Å². The van der Waals surface area contributed by atoms with E-state index in [9.17, 15) is 4.79 Å². The van der Waals surface area contributed by atoms with E-state index in [0.717, 1.165) is 13.0 Å². The summed E-state index contributed by atoms with van der Waals surface area (Å²) in [6.45, 7) is 0.846. The average molecular weight is 461 g/mol. The van der Waals surface area contributed by atoms with Gasteiger partial charge in [-0.3, -0.25) is 14.3 Å². The lowest BCUT2D eigenvalue weighted by Crippen LogP contribution is -3.00. The Balaban J connectivity index is 0.00000196. The van der Waals surface area contributed by atoms with Crippen molar-refractivity contribution in [3.63, 3.8) is 0 Å². The van der Waals surface area contributed by atoms with Crippen molar-refractivity contribution in [1.29, 1.82) is 0 Å². The van der Waals surface area contributed by atoms with Crippen molar-refractivity contribution in [2.45, 2.75) is 31.0 Å². The monoisotopic (exact) mass is 461 g/mol. The zero-order valence-corrected chi connectivity index (χ0v) is 17.0. The Labute approximate surface area is 171 Å². The van der Waals surface area contributed by atoms with Crippen LogP contribution in [-0.2, 0) is 4.79 Å². The number of nitrogens with one attached hydrogen (secondary N) is 1. The van der Waals surface area contributed by atoms with Crippen LogP contribution in [0.15, 0.2) is 60.7 Å². The van der Waals surface area contributed by atoms with Gasteiger partial charge in [0.1, 0.15) is 6.54 Å². The molecule has 1 N–H and O–H groups in total. The molecule has 2 aromatic carbocycles. The number of nitrogens with zero attached hydrogens (tertiary/aromatic N) is 2. The summed E-state index contributed by atoms with van der Waals surface area (Å²) < 4.78 is 2.30. The Hall–Kier alpha value is -1.89. The fraction of sp³-hybridized carbons (Fsp3) is 0.333. The number of amides is 1. The summed E-state index contributed by atoms with van der Waals surface area (Å²) in [5.74, 6) is 0.174. The number of likely N-dealkylation sites (N-methyl/N-ethyl adjacent to an activating group) is 1. The molecule has 4 nitrogen and oxygen atoms in total. The van der Waals surface area contributed by atoms with Crippen LogP contribution in [0, 0.1) is 0 Å². The third-order valence-electron chi connectivity index (χ3n) is 5.22. The van der Waals surface area contributed by atoms with Gasteiger partial charge in [0.2, 0.25) is 12.2 Å². The van der Waals surface area contributed by atoms with E-state index in [1.165, 1.54) is 11.1 Å². The number of carbonyl (C=O) groups excluding carboxylic acids is 1. The summed E-state index contributed by atoms with van der Waals surface area (Å²) in [6.07, 6.45) is 3.77. The van der Waals surface area contributed by atoms with E-state index in [2.05, 4.69) is 88.8 Å². The quantitative estimate of drug-likeness (QED) is 0.503. The molecule has 0 radical (unpaired) electrons. The van der Waals surface area contributed by atoms with Gasteiger partial charge in [-0.15, -0.1) is 0 Å². The molecule has 0 aromatic heterocycles. The van der Waals surface area contributed by atoms with E-state index in [4.69, 9.17) is 0 Å². The summed E-state index contributed by atoms with van der Waals surface area (Å²) >= 11 is 0. The first-order chi connectivity index (χ1) is 12.2. The van der Waals surface area contributed by atoms with Gasteiger partial charge in [0.05, 0.1) is 13.1 Å². The molecule has 136 valence electrons. The van der Waals surface area contributed by atoms with Crippen molar-refractivity contribution in [2.24, 2.45) is 0 Å². The Kier molecular flexibility index (Phi) is 5.96.